The number of aryl methyl sites for hydroxylation is 2. The Labute approximate surface area is 153 Å². The number of hydrogen-bond acceptors (Lipinski definition) is 5. The number of halogens is 2. The number of esters is 1. The van der Waals surface area contributed by atoms with Gasteiger partial charge in [-0.15, -0.1) is 0 Å². The Morgan fingerprint density at radius 3 is 2.85 bits per heavy atom. The molecule has 1 aromatic carbocycles. The zero-order chi connectivity index (χ0) is 18.5. The van der Waals surface area contributed by atoms with E-state index in [9.17, 15) is 18.4 Å². The number of nitrogens with one attached hydrogen (secondary N) is 1. The predicted octanol–water partition coefficient (Wildman–Crippen LogP) is 3.68. The van der Waals surface area contributed by atoms with Crippen LogP contribution in [0.25, 0.3) is 0 Å². The molecule has 2 aromatic rings. The third kappa shape index (κ3) is 4.57. The summed E-state index contributed by atoms with van der Waals surface area (Å²) >= 11 is 0.156. The number of aromatic nitrogens is 1. The summed E-state index contributed by atoms with van der Waals surface area (Å²) in [5.41, 5.74) is 3.05. The molecule has 0 unspecified atom stereocenters. The second kappa shape index (κ2) is 8.27. The van der Waals surface area contributed by atoms with Crippen LogP contribution in [0, 0.1) is 0 Å². The summed E-state index contributed by atoms with van der Waals surface area (Å²) in [6.07, 6.45) is 4.45. The highest BCUT2D eigenvalue weighted by atomic mass is 32.2. The Bertz CT molecular complexity index is 830. The van der Waals surface area contributed by atoms with Crippen molar-refractivity contribution in [2.45, 2.75) is 30.0 Å². The molecule has 0 radical (unpaired) electrons. The molecule has 1 heterocycles. The predicted molar refractivity (Wildman–Crippen MR) is 93.5 cm³/mol. The van der Waals surface area contributed by atoms with E-state index in [2.05, 4.69) is 10.3 Å². The monoisotopic (exact) mass is 378 g/mol. The average Bonchev–Trinajstić information content (AvgIpc) is 3.07. The summed E-state index contributed by atoms with van der Waals surface area (Å²) in [5, 5.41) is 2.54. The molecule has 26 heavy (non-hydrogen) atoms. The van der Waals surface area contributed by atoms with Crippen LogP contribution in [-0.2, 0) is 22.4 Å². The number of pyridine rings is 1. The fraction of sp³-hybridized carbons (Fsp3) is 0.278. The van der Waals surface area contributed by atoms with Crippen LogP contribution in [0.4, 0.5) is 14.5 Å². The average molecular weight is 378 g/mol. The van der Waals surface area contributed by atoms with Crippen molar-refractivity contribution in [3.8, 4) is 0 Å². The molecule has 8 heteroatoms. The number of carbonyl (C=O) groups excluding carboxylic acids is 2. The molecule has 0 fully saturated rings. The maximum absolute atomic E-state index is 12.5. The quantitative estimate of drug-likeness (QED) is 0.613. The second-order valence-corrected chi connectivity index (χ2v) is 6.67. The largest absolute Gasteiger partial charge is 0.452 e. The Morgan fingerprint density at radius 2 is 2.04 bits per heavy atom. The topological polar surface area (TPSA) is 68.3 Å². The third-order valence-electron chi connectivity index (χ3n) is 3.91. The van der Waals surface area contributed by atoms with Crippen LogP contribution in [0.1, 0.15) is 27.9 Å². The van der Waals surface area contributed by atoms with Gasteiger partial charge in [-0.1, -0.05) is 6.07 Å². The van der Waals surface area contributed by atoms with E-state index >= 15 is 0 Å². The van der Waals surface area contributed by atoms with Crippen molar-refractivity contribution in [1.82, 2.24) is 4.98 Å². The number of nitrogens with zero attached hydrogens (tertiary/aromatic N) is 1. The first-order valence-electron chi connectivity index (χ1n) is 8.01. The van der Waals surface area contributed by atoms with Crippen LogP contribution in [0.3, 0.4) is 0 Å². The zero-order valence-electron chi connectivity index (χ0n) is 13.7. The summed E-state index contributed by atoms with van der Waals surface area (Å²) in [7, 11) is 0. The minimum atomic E-state index is -2.71. The van der Waals surface area contributed by atoms with Gasteiger partial charge in [0.25, 0.3) is 11.7 Å². The molecule has 1 aromatic heterocycles. The third-order valence-corrected chi connectivity index (χ3v) is 4.64. The van der Waals surface area contributed by atoms with Crippen molar-refractivity contribution >= 4 is 29.3 Å². The molecule has 136 valence electrons. The van der Waals surface area contributed by atoms with Crippen molar-refractivity contribution in [3.63, 3.8) is 0 Å². The van der Waals surface area contributed by atoms with Gasteiger partial charge in [-0.05, 0) is 66.4 Å². The van der Waals surface area contributed by atoms with Gasteiger partial charge in [-0.25, -0.2) is 9.78 Å². The zero-order valence-corrected chi connectivity index (χ0v) is 14.5. The first kappa shape index (κ1) is 18.3. The van der Waals surface area contributed by atoms with Crippen LogP contribution in [-0.4, -0.2) is 29.2 Å². The Balaban J connectivity index is 1.57. The van der Waals surface area contributed by atoms with Crippen molar-refractivity contribution in [3.05, 3.63) is 53.2 Å². The Hall–Kier alpha value is -2.48. The first-order chi connectivity index (χ1) is 12.5. The van der Waals surface area contributed by atoms with Gasteiger partial charge in [0.15, 0.2) is 6.61 Å². The molecule has 3 rings (SSSR count). The summed E-state index contributed by atoms with van der Waals surface area (Å²) < 4.78 is 30.0. The number of alkyl halides is 2. The van der Waals surface area contributed by atoms with Crippen LogP contribution in [0.5, 0.6) is 0 Å². The standard InChI is InChI=1S/C18H16F2N2O3S/c19-18(20)26-16-14(5-2-8-21-16)17(24)25-10-15(23)22-13-7-6-11-3-1-4-12(11)9-13/h2,5-9,18H,1,3-4,10H2,(H,22,23). The summed E-state index contributed by atoms with van der Waals surface area (Å²) in [5.74, 6) is -4.08. The van der Waals surface area contributed by atoms with Crippen molar-refractivity contribution < 1.29 is 23.1 Å². The maximum Gasteiger partial charge on any atom is 0.341 e. The van der Waals surface area contributed by atoms with E-state index in [1.54, 1.807) is 0 Å². The lowest BCUT2D eigenvalue weighted by molar-refractivity contribution is -0.119. The van der Waals surface area contributed by atoms with Gasteiger partial charge in [0.2, 0.25) is 0 Å². The minimum Gasteiger partial charge on any atom is -0.452 e. The first-order valence-corrected chi connectivity index (χ1v) is 8.89. The number of thioether (sulfide) groups is 1. The van der Waals surface area contributed by atoms with Gasteiger partial charge >= 0.3 is 5.97 Å². The lowest BCUT2D eigenvalue weighted by Gasteiger charge is -2.09. The highest BCUT2D eigenvalue weighted by molar-refractivity contribution is 7.99. The molecule has 5 nitrogen and oxygen atoms in total. The van der Waals surface area contributed by atoms with E-state index in [1.807, 2.05) is 18.2 Å². The van der Waals surface area contributed by atoms with E-state index < -0.39 is 24.2 Å². The second-order valence-electron chi connectivity index (χ2n) is 5.70. The molecule has 0 atom stereocenters. The maximum atomic E-state index is 12.5. The molecule has 0 spiro atoms. The normalized spacial score (nSPS) is 12.7. The summed E-state index contributed by atoms with van der Waals surface area (Å²) in [6, 6.07) is 8.48. The number of ether oxygens (including phenoxy) is 1. The Morgan fingerprint density at radius 1 is 1.23 bits per heavy atom. The highest BCUT2D eigenvalue weighted by Crippen LogP contribution is 2.27. The number of hydrogen-bond donors (Lipinski definition) is 1. The van der Waals surface area contributed by atoms with Gasteiger partial charge in [-0.3, -0.25) is 4.79 Å². The molecule has 1 aliphatic carbocycles. The van der Waals surface area contributed by atoms with Gasteiger partial charge in [0.05, 0.1) is 5.56 Å². The fourth-order valence-electron chi connectivity index (χ4n) is 2.78. The van der Waals surface area contributed by atoms with Crippen LogP contribution < -0.4 is 5.32 Å². The number of fused-ring (bicyclic) bond motifs is 1. The SMILES string of the molecule is O=C(COC(=O)c1cccnc1SC(F)F)Nc1ccc2c(c1)CCC2. The number of amides is 1. The molecular formula is C18H16F2N2O3S. The van der Waals surface area contributed by atoms with Crippen molar-refractivity contribution in [1.29, 1.82) is 0 Å². The molecule has 0 aliphatic heterocycles. The number of rotatable bonds is 6. The molecule has 0 bridgehead atoms. The van der Waals surface area contributed by atoms with Gasteiger partial charge in [-0.2, -0.15) is 8.78 Å². The van der Waals surface area contributed by atoms with E-state index in [1.165, 1.54) is 29.5 Å². The number of anilines is 1. The van der Waals surface area contributed by atoms with Gasteiger partial charge in [0, 0.05) is 11.9 Å². The highest BCUT2D eigenvalue weighted by Gasteiger charge is 2.19. The fourth-order valence-corrected chi connectivity index (χ4v) is 3.35. The summed E-state index contributed by atoms with van der Waals surface area (Å²) in [4.78, 5) is 27.8. The molecule has 1 N–H and O–H groups in total. The van der Waals surface area contributed by atoms with E-state index in [4.69, 9.17) is 4.74 Å². The molecule has 0 saturated carbocycles. The molecule has 0 saturated heterocycles. The van der Waals surface area contributed by atoms with Crippen LogP contribution in [0.2, 0.25) is 0 Å². The lowest BCUT2D eigenvalue weighted by Crippen LogP contribution is -2.21. The van der Waals surface area contributed by atoms with Crippen molar-refractivity contribution in [2.24, 2.45) is 0 Å². The van der Waals surface area contributed by atoms with E-state index in [-0.39, 0.29) is 22.4 Å². The van der Waals surface area contributed by atoms with Crippen LogP contribution in [0.15, 0.2) is 41.6 Å². The van der Waals surface area contributed by atoms with Crippen molar-refractivity contribution in [2.75, 3.05) is 11.9 Å². The van der Waals surface area contributed by atoms with Gasteiger partial charge in [0.1, 0.15) is 5.03 Å². The Kier molecular flexibility index (Phi) is 5.82. The molecule has 1 amide bonds. The van der Waals surface area contributed by atoms with E-state index in [0.29, 0.717) is 5.69 Å². The number of benzene rings is 1. The summed E-state index contributed by atoms with van der Waals surface area (Å²) in [6.45, 7) is -0.510. The van der Waals surface area contributed by atoms with E-state index in [0.717, 1.165) is 19.3 Å². The van der Waals surface area contributed by atoms with Gasteiger partial charge < -0.3 is 10.1 Å². The minimum absolute atomic E-state index is 0.0943. The smallest absolute Gasteiger partial charge is 0.341 e. The molecular weight excluding hydrogens is 362 g/mol. The number of carbonyl (C=O) groups is 2. The lowest BCUT2D eigenvalue weighted by atomic mass is 10.1. The van der Waals surface area contributed by atoms with Crippen LogP contribution >= 0.6 is 11.8 Å². The molecule has 1 aliphatic rings.